The second kappa shape index (κ2) is 9.41. The second-order valence-corrected chi connectivity index (χ2v) is 6.80. The molecule has 0 atom stereocenters. The number of aromatic amines is 1. The number of aromatic nitrogens is 2. The normalized spacial score (nSPS) is 12.0. The molecule has 0 aliphatic heterocycles. The second-order valence-electron chi connectivity index (χ2n) is 5.41. The molecule has 0 amide bonds. The van der Waals surface area contributed by atoms with Crippen molar-refractivity contribution in [3.63, 3.8) is 0 Å². The molecule has 0 spiro atoms. The van der Waals surface area contributed by atoms with E-state index in [2.05, 4.69) is 29.3 Å². The molecule has 9 nitrogen and oxygen atoms in total. The van der Waals surface area contributed by atoms with Crippen molar-refractivity contribution in [2.75, 3.05) is 31.7 Å². The number of azo groups is 1. The van der Waals surface area contributed by atoms with Gasteiger partial charge in [0.1, 0.15) is 0 Å². The minimum Gasteiger partial charge on any atom is -0.372 e. The molecule has 0 aliphatic rings. The minimum atomic E-state index is -3.88. The Morgan fingerprint density at radius 3 is 2.73 bits per heavy atom. The monoisotopic (exact) mass is 381 g/mol. The summed E-state index contributed by atoms with van der Waals surface area (Å²) in [6, 6.07) is 5.87. The van der Waals surface area contributed by atoms with Gasteiger partial charge in [-0.1, -0.05) is 0 Å². The van der Waals surface area contributed by atoms with Crippen LogP contribution >= 0.6 is 0 Å². The quantitative estimate of drug-likeness (QED) is 0.500. The van der Waals surface area contributed by atoms with E-state index in [-0.39, 0.29) is 6.61 Å². The molecule has 0 saturated carbocycles. The maximum absolute atomic E-state index is 11.1. The van der Waals surface area contributed by atoms with E-state index in [1.807, 2.05) is 32.0 Å². The van der Waals surface area contributed by atoms with Crippen LogP contribution in [0.4, 0.5) is 17.3 Å². The number of anilines is 1. The third kappa shape index (κ3) is 5.90. The van der Waals surface area contributed by atoms with E-state index in [1.165, 1.54) is 0 Å². The molecule has 0 bridgehead atoms. The van der Waals surface area contributed by atoms with Crippen LogP contribution in [0.15, 0.2) is 40.8 Å². The molecule has 1 aromatic heterocycles. The fraction of sp³-hybridized carbons (Fsp3) is 0.438. The molecular formula is C16H23N5O4S. The molecule has 2 aromatic rings. The predicted octanol–water partition coefficient (Wildman–Crippen LogP) is 3.26. The van der Waals surface area contributed by atoms with E-state index in [1.54, 1.807) is 12.4 Å². The predicted molar refractivity (Wildman–Crippen MR) is 98.3 cm³/mol. The zero-order valence-corrected chi connectivity index (χ0v) is 15.9. The van der Waals surface area contributed by atoms with Crippen molar-refractivity contribution in [2.24, 2.45) is 10.2 Å². The number of H-pyrrole nitrogens is 1. The van der Waals surface area contributed by atoms with Gasteiger partial charge >= 0.3 is 10.4 Å². The summed E-state index contributed by atoms with van der Waals surface area (Å²) in [6.45, 7) is 5.50. The maximum atomic E-state index is 11.1. The van der Waals surface area contributed by atoms with E-state index in [9.17, 15) is 8.42 Å². The van der Waals surface area contributed by atoms with Crippen LogP contribution in [0.25, 0.3) is 0 Å². The van der Waals surface area contributed by atoms with Crippen LogP contribution in [0.2, 0.25) is 0 Å². The molecule has 0 fully saturated rings. The lowest BCUT2D eigenvalue weighted by Crippen LogP contribution is -2.25. The number of benzene rings is 1. The summed E-state index contributed by atoms with van der Waals surface area (Å²) in [6.07, 6.45) is 3.85. The fourth-order valence-electron chi connectivity index (χ4n) is 2.30. The third-order valence-electron chi connectivity index (χ3n) is 3.67. The molecule has 10 heteroatoms. The first kappa shape index (κ1) is 20.0. The molecule has 2 rings (SSSR count). The Bertz CT molecular complexity index is 821. The van der Waals surface area contributed by atoms with Crippen LogP contribution in [-0.4, -0.2) is 45.2 Å². The van der Waals surface area contributed by atoms with Gasteiger partial charge in [-0.25, -0.2) is 9.17 Å². The average molecular weight is 381 g/mol. The lowest BCUT2D eigenvalue weighted by atomic mass is 10.1. The summed E-state index contributed by atoms with van der Waals surface area (Å²) in [5, 5.41) is 8.24. The number of hydrogen-bond donors (Lipinski definition) is 1. The topological polar surface area (TPSA) is 109 Å². The van der Waals surface area contributed by atoms with Gasteiger partial charge in [0.2, 0.25) is 5.95 Å². The van der Waals surface area contributed by atoms with Crippen LogP contribution in [0.1, 0.15) is 18.9 Å². The standard InChI is InChI=1S/C16H23N5O4S/c1-4-21(10-5-11-25-26(22,23)24-3)14-6-7-15(13(2)12-14)19-20-16-17-8-9-18-16/h6-9,12H,4-5,10-11H2,1-3H3,(H,17,18). The Balaban J connectivity index is 1.96. The lowest BCUT2D eigenvalue weighted by molar-refractivity contribution is 0.241. The Morgan fingerprint density at radius 2 is 2.12 bits per heavy atom. The summed E-state index contributed by atoms with van der Waals surface area (Å²) < 4.78 is 31.2. The fourth-order valence-corrected chi connectivity index (χ4v) is 2.71. The van der Waals surface area contributed by atoms with Gasteiger partial charge in [-0.15, -0.1) is 10.2 Å². The summed E-state index contributed by atoms with van der Waals surface area (Å²) >= 11 is 0. The Kier molecular flexibility index (Phi) is 7.25. The summed E-state index contributed by atoms with van der Waals surface area (Å²) in [5.74, 6) is 0.453. The van der Waals surface area contributed by atoms with Crippen LogP contribution in [0.5, 0.6) is 0 Å². The van der Waals surface area contributed by atoms with Crippen LogP contribution in [-0.2, 0) is 18.8 Å². The molecule has 26 heavy (non-hydrogen) atoms. The van der Waals surface area contributed by atoms with E-state index in [0.717, 1.165) is 30.6 Å². The Morgan fingerprint density at radius 1 is 1.31 bits per heavy atom. The highest BCUT2D eigenvalue weighted by atomic mass is 32.3. The number of nitrogens with one attached hydrogen (secondary N) is 1. The highest BCUT2D eigenvalue weighted by Gasteiger charge is 2.10. The van der Waals surface area contributed by atoms with Gasteiger partial charge in [0, 0.05) is 31.2 Å². The first-order valence-electron chi connectivity index (χ1n) is 8.17. The van der Waals surface area contributed by atoms with E-state index < -0.39 is 10.4 Å². The third-order valence-corrected chi connectivity index (χ3v) is 4.53. The Labute approximate surface area is 153 Å². The van der Waals surface area contributed by atoms with Crippen molar-refractivity contribution >= 4 is 27.7 Å². The highest BCUT2D eigenvalue weighted by molar-refractivity contribution is 7.81. The van der Waals surface area contributed by atoms with E-state index in [4.69, 9.17) is 4.18 Å². The van der Waals surface area contributed by atoms with Gasteiger partial charge in [0.25, 0.3) is 0 Å². The minimum absolute atomic E-state index is 0.0705. The van der Waals surface area contributed by atoms with Crippen molar-refractivity contribution in [3.05, 3.63) is 36.2 Å². The molecule has 0 unspecified atom stereocenters. The number of aryl methyl sites for hydroxylation is 1. The number of nitrogens with zero attached hydrogens (tertiary/aromatic N) is 4. The summed E-state index contributed by atoms with van der Waals surface area (Å²) in [7, 11) is -2.80. The Hall–Kier alpha value is -2.30. The van der Waals surface area contributed by atoms with Gasteiger partial charge in [-0.2, -0.15) is 8.42 Å². The van der Waals surface area contributed by atoms with Crippen molar-refractivity contribution < 1.29 is 16.8 Å². The highest BCUT2D eigenvalue weighted by Crippen LogP contribution is 2.26. The number of hydrogen-bond acceptors (Lipinski definition) is 8. The molecular weight excluding hydrogens is 358 g/mol. The maximum Gasteiger partial charge on any atom is 0.399 e. The first-order chi connectivity index (χ1) is 12.4. The van der Waals surface area contributed by atoms with Crippen LogP contribution in [0.3, 0.4) is 0 Å². The van der Waals surface area contributed by atoms with Crippen LogP contribution < -0.4 is 4.90 Å². The largest absolute Gasteiger partial charge is 0.399 e. The molecule has 0 saturated heterocycles. The van der Waals surface area contributed by atoms with Crippen LogP contribution in [0, 0.1) is 6.92 Å². The SMILES string of the molecule is CCN(CCCOS(=O)(=O)OC)c1ccc(N=Nc2ncc[nH]2)c(C)c1. The molecule has 142 valence electrons. The van der Waals surface area contributed by atoms with Gasteiger partial charge in [0.05, 0.1) is 19.4 Å². The lowest BCUT2D eigenvalue weighted by Gasteiger charge is -2.23. The molecule has 1 aromatic carbocycles. The zero-order valence-electron chi connectivity index (χ0n) is 15.0. The van der Waals surface area contributed by atoms with Gasteiger partial charge in [-0.3, -0.25) is 4.18 Å². The van der Waals surface area contributed by atoms with E-state index in [0.29, 0.717) is 18.9 Å². The van der Waals surface area contributed by atoms with Crippen molar-refractivity contribution in [3.8, 4) is 0 Å². The summed E-state index contributed by atoms with van der Waals surface area (Å²) in [5.41, 5.74) is 2.77. The number of rotatable bonds is 10. The average Bonchev–Trinajstić information content (AvgIpc) is 3.14. The number of imidazole rings is 1. The molecule has 1 N–H and O–H groups in total. The van der Waals surface area contributed by atoms with Crippen molar-refractivity contribution in [2.45, 2.75) is 20.3 Å². The van der Waals surface area contributed by atoms with Gasteiger partial charge in [0.15, 0.2) is 0 Å². The smallest absolute Gasteiger partial charge is 0.372 e. The molecule has 0 aliphatic carbocycles. The van der Waals surface area contributed by atoms with Gasteiger partial charge in [-0.05, 0) is 44.0 Å². The van der Waals surface area contributed by atoms with E-state index >= 15 is 0 Å². The first-order valence-corrected chi connectivity index (χ1v) is 9.50. The van der Waals surface area contributed by atoms with Crippen molar-refractivity contribution in [1.29, 1.82) is 0 Å². The summed E-state index contributed by atoms with van der Waals surface area (Å²) in [4.78, 5) is 8.99. The molecule has 1 heterocycles. The van der Waals surface area contributed by atoms with Crippen molar-refractivity contribution in [1.82, 2.24) is 9.97 Å². The molecule has 0 radical (unpaired) electrons. The zero-order chi connectivity index (χ0) is 19.0. The van der Waals surface area contributed by atoms with Gasteiger partial charge < -0.3 is 9.88 Å².